The van der Waals surface area contributed by atoms with Crippen LogP contribution in [0.3, 0.4) is 0 Å². The van der Waals surface area contributed by atoms with Crippen LogP contribution >= 0.6 is 11.3 Å². The van der Waals surface area contributed by atoms with E-state index >= 15 is 0 Å². The molecule has 3 aromatic heterocycles. The summed E-state index contributed by atoms with van der Waals surface area (Å²) in [5.41, 5.74) is 7.72. The highest BCUT2D eigenvalue weighted by Crippen LogP contribution is 2.24. The first-order valence-corrected chi connectivity index (χ1v) is 10.7. The van der Waals surface area contributed by atoms with Crippen molar-refractivity contribution in [3.8, 4) is 23.2 Å². The second-order valence-corrected chi connectivity index (χ2v) is 8.22. The predicted octanol–water partition coefficient (Wildman–Crippen LogP) is 3.93. The number of hydrogen-bond acceptors (Lipinski definition) is 8. The van der Waals surface area contributed by atoms with Crippen molar-refractivity contribution >= 4 is 34.0 Å². The number of thiazole rings is 1. The van der Waals surface area contributed by atoms with Crippen molar-refractivity contribution in [1.29, 1.82) is 0 Å². The maximum Gasteiger partial charge on any atom is 0.490 e. The zero-order valence-electron chi connectivity index (χ0n) is 18.3. The van der Waals surface area contributed by atoms with Crippen molar-refractivity contribution in [1.82, 2.24) is 19.9 Å². The van der Waals surface area contributed by atoms with Gasteiger partial charge >= 0.3 is 12.1 Å². The molecule has 4 N–H and O–H groups in total. The Morgan fingerprint density at radius 3 is 2.51 bits per heavy atom. The van der Waals surface area contributed by atoms with Gasteiger partial charge in [0.2, 0.25) is 0 Å². The lowest BCUT2D eigenvalue weighted by Crippen LogP contribution is -2.21. The van der Waals surface area contributed by atoms with Crippen molar-refractivity contribution in [2.24, 2.45) is 0 Å². The normalized spacial score (nSPS) is 12.6. The number of fused-ring (bicyclic) bond motifs is 1. The fourth-order valence-corrected chi connectivity index (χ4v) is 3.44. The lowest BCUT2D eigenvalue weighted by Gasteiger charge is -2.12. The summed E-state index contributed by atoms with van der Waals surface area (Å²) in [5, 5.41) is 20.9. The van der Waals surface area contributed by atoms with E-state index in [1.807, 2.05) is 42.6 Å². The van der Waals surface area contributed by atoms with E-state index < -0.39 is 17.7 Å². The molecule has 1 unspecified atom stereocenters. The molecule has 0 spiro atoms. The van der Waals surface area contributed by atoms with Crippen LogP contribution < -0.4 is 5.73 Å². The van der Waals surface area contributed by atoms with Crippen LogP contribution in [-0.2, 0) is 10.4 Å². The quantitative estimate of drug-likeness (QED) is 0.352. The first-order valence-electron chi connectivity index (χ1n) is 9.83. The minimum Gasteiger partial charge on any atom is -0.475 e. The van der Waals surface area contributed by atoms with Gasteiger partial charge in [-0.05, 0) is 32.0 Å². The van der Waals surface area contributed by atoms with Crippen molar-refractivity contribution in [3.05, 3.63) is 64.4 Å². The molecule has 0 radical (unpaired) electrons. The zero-order valence-corrected chi connectivity index (χ0v) is 19.1. The van der Waals surface area contributed by atoms with Crippen molar-refractivity contribution < 1.29 is 28.2 Å². The third-order valence-corrected chi connectivity index (χ3v) is 5.37. The van der Waals surface area contributed by atoms with Gasteiger partial charge in [0.15, 0.2) is 11.4 Å². The molecular formula is C23H18F3N5O3S. The molecule has 4 rings (SSSR count). The van der Waals surface area contributed by atoms with Crippen molar-refractivity contribution in [3.63, 3.8) is 0 Å². The Balaban J connectivity index is 0.000000429. The van der Waals surface area contributed by atoms with E-state index in [1.54, 1.807) is 19.3 Å². The zero-order chi connectivity index (χ0) is 25.8. The van der Waals surface area contributed by atoms with Crippen LogP contribution in [0, 0.1) is 18.8 Å². The molecule has 0 aliphatic heterocycles. The molecule has 0 aliphatic carbocycles. The molecule has 0 amide bonds. The topological polar surface area (TPSA) is 135 Å². The van der Waals surface area contributed by atoms with Gasteiger partial charge in [0.25, 0.3) is 0 Å². The van der Waals surface area contributed by atoms with Crippen LogP contribution in [0.4, 0.5) is 19.0 Å². The van der Waals surface area contributed by atoms with Gasteiger partial charge in [-0.1, -0.05) is 24.0 Å². The molecule has 8 nitrogen and oxygen atoms in total. The van der Waals surface area contributed by atoms with Crippen molar-refractivity contribution in [2.45, 2.75) is 25.6 Å². The number of hydrogen-bond donors (Lipinski definition) is 3. The van der Waals surface area contributed by atoms with Crippen LogP contribution in [0.25, 0.3) is 22.3 Å². The number of carboxylic acid groups (broad SMARTS) is 1. The summed E-state index contributed by atoms with van der Waals surface area (Å²) < 4.78 is 31.7. The molecule has 35 heavy (non-hydrogen) atoms. The van der Waals surface area contributed by atoms with Gasteiger partial charge in [0.05, 0.1) is 0 Å². The number of benzene rings is 1. The van der Waals surface area contributed by atoms with Gasteiger partial charge in [-0.3, -0.25) is 0 Å². The molecular weight excluding hydrogens is 483 g/mol. The van der Waals surface area contributed by atoms with E-state index in [2.05, 4.69) is 31.8 Å². The number of carbonyl (C=O) groups is 1. The van der Waals surface area contributed by atoms with E-state index in [1.165, 1.54) is 11.3 Å². The highest BCUT2D eigenvalue weighted by molar-refractivity contribution is 7.09. The molecule has 1 aromatic carbocycles. The Morgan fingerprint density at radius 1 is 1.17 bits per heavy atom. The molecule has 12 heteroatoms. The van der Waals surface area contributed by atoms with Gasteiger partial charge in [-0.15, -0.1) is 11.3 Å². The van der Waals surface area contributed by atoms with Gasteiger partial charge < -0.3 is 15.9 Å². The molecule has 0 saturated heterocycles. The maximum absolute atomic E-state index is 10.6. The number of aliphatic hydroxyl groups is 1. The molecule has 3 heterocycles. The summed E-state index contributed by atoms with van der Waals surface area (Å²) >= 11 is 1.37. The van der Waals surface area contributed by atoms with E-state index in [9.17, 15) is 18.3 Å². The minimum absolute atomic E-state index is 0.383. The SMILES string of the molecule is Cc1cc2cnc(-c3cccc(C#CC(C)(O)c4nccs4)c3)nc2c(N)n1.O=C(O)C(F)(F)F. The summed E-state index contributed by atoms with van der Waals surface area (Å²) in [6.07, 6.45) is -1.69. The van der Waals surface area contributed by atoms with E-state index in [4.69, 9.17) is 15.6 Å². The van der Waals surface area contributed by atoms with E-state index in [0.29, 0.717) is 22.2 Å². The second-order valence-electron chi connectivity index (χ2n) is 7.32. The largest absolute Gasteiger partial charge is 0.490 e. The van der Waals surface area contributed by atoms with E-state index in [0.717, 1.165) is 22.2 Å². The summed E-state index contributed by atoms with van der Waals surface area (Å²) in [5.74, 6) is 4.07. The maximum atomic E-state index is 10.6. The Kier molecular flexibility index (Phi) is 7.33. The van der Waals surface area contributed by atoms with Crippen LogP contribution in [0.1, 0.15) is 23.2 Å². The fourth-order valence-electron chi connectivity index (χ4n) is 2.79. The number of carboxylic acids is 1. The smallest absolute Gasteiger partial charge is 0.475 e. The molecule has 0 fully saturated rings. The molecule has 0 aliphatic rings. The average molecular weight is 501 g/mol. The lowest BCUT2D eigenvalue weighted by molar-refractivity contribution is -0.192. The predicted molar refractivity (Wildman–Crippen MR) is 124 cm³/mol. The van der Waals surface area contributed by atoms with Crippen LogP contribution in [0.15, 0.2) is 48.1 Å². The number of aryl methyl sites for hydroxylation is 1. The number of aliphatic carboxylic acids is 1. The number of nitrogens with zero attached hydrogens (tertiary/aromatic N) is 4. The number of nitrogens with two attached hydrogens (primary N) is 1. The molecule has 4 aromatic rings. The lowest BCUT2D eigenvalue weighted by atomic mass is 10.1. The number of pyridine rings is 1. The molecule has 1 atom stereocenters. The number of aromatic nitrogens is 4. The number of anilines is 1. The Bertz CT molecular complexity index is 1430. The fraction of sp³-hybridized carbons (Fsp3) is 0.174. The highest BCUT2D eigenvalue weighted by Gasteiger charge is 2.38. The van der Waals surface area contributed by atoms with Crippen LogP contribution in [-0.4, -0.2) is 42.3 Å². The van der Waals surface area contributed by atoms with Crippen LogP contribution in [0.5, 0.6) is 0 Å². The highest BCUT2D eigenvalue weighted by atomic mass is 32.1. The number of alkyl halides is 3. The standard InChI is InChI=1S/C21H17N5OS.C2HF3O2/c1-13-10-16-12-24-19(26-17(16)18(22)25-13)15-5-3-4-14(11-15)6-7-21(2,27)20-23-8-9-28-20;3-2(4,5)1(6)7/h3-5,8-12,27H,1-2H3,(H2,22,25);(H,6,7). The Morgan fingerprint density at radius 2 is 1.89 bits per heavy atom. The molecule has 0 saturated carbocycles. The minimum atomic E-state index is -5.08. The molecule has 0 bridgehead atoms. The number of rotatable bonds is 2. The Labute approximate surface area is 201 Å². The molecule has 180 valence electrons. The monoisotopic (exact) mass is 501 g/mol. The number of nitrogen functional groups attached to an aromatic ring is 1. The third kappa shape index (κ3) is 6.50. The summed E-state index contributed by atoms with van der Waals surface area (Å²) in [7, 11) is 0. The van der Waals surface area contributed by atoms with Crippen molar-refractivity contribution in [2.75, 3.05) is 5.73 Å². The van der Waals surface area contributed by atoms with Gasteiger partial charge in [-0.2, -0.15) is 13.2 Å². The second kappa shape index (κ2) is 10.0. The summed E-state index contributed by atoms with van der Waals surface area (Å²) in [6, 6.07) is 9.43. The number of halogens is 3. The van der Waals surface area contributed by atoms with Crippen LogP contribution in [0.2, 0.25) is 0 Å². The Hall–Kier alpha value is -4.08. The van der Waals surface area contributed by atoms with E-state index in [-0.39, 0.29) is 0 Å². The third-order valence-electron chi connectivity index (χ3n) is 4.38. The first kappa shape index (κ1) is 25.5. The van der Waals surface area contributed by atoms with Gasteiger partial charge in [0.1, 0.15) is 16.3 Å². The van der Waals surface area contributed by atoms with Gasteiger partial charge in [-0.25, -0.2) is 24.7 Å². The summed E-state index contributed by atoms with van der Waals surface area (Å²) in [4.78, 5) is 26.3. The van der Waals surface area contributed by atoms with Gasteiger partial charge in [0, 0.05) is 40.0 Å². The summed E-state index contributed by atoms with van der Waals surface area (Å²) in [6.45, 7) is 3.51. The average Bonchev–Trinajstić information content (AvgIpc) is 3.34. The first-order chi connectivity index (χ1) is 16.4.